The first-order valence-corrected chi connectivity index (χ1v) is 6.69. The van der Waals surface area contributed by atoms with Crippen LogP contribution in [0.4, 0.5) is 18.9 Å². The molecule has 8 heteroatoms. The van der Waals surface area contributed by atoms with Gasteiger partial charge in [0.25, 0.3) is 0 Å². The van der Waals surface area contributed by atoms with Crippen LogP contribution in [0.2, 0.25) is 0 Å². The summed E-state index contributed by atoms with van der Waals surface area (Å²) in [6, 6.07) is 12.4. The highest BCUT2D eigenvalue weighted by Gasteiger charge is 2.39. The maximum atomic E-state index is 12.3. The molecule has 0 unspecified atom stereocenters. The van der Waals surface area contributed by atoms with Gasteiger partial charge in [0.05, 0.1) is 11.3 Å². The molecule has 0 fully saturated rings. The SMILES string of the molecule is O=C(O)c1ccc(OCc2ccccc2)cc1NC(=O)C(F)(F)F. The number of hydrogen-bond acceptors (Lipinski definition) is 3. The van der Waals surface area contributed by atoms with Gasteiger partial charge in [-0.05, 0) is 17.7 Å². The maximum Gasteiger partial charge on any atom is 0.471 e. The molecule has 0 atom stereocenters. The smallest absolute Gasteiger partial charge is 0.471 e. The molecule has 1 amide bonds. The van der Waals surface area contributed by atoms with Crippen LogP contribution in [-0.4, -0.2) is 23.2 Å². The van der Waals surface area contributed by atoms with Crippen molar-refractivity contribution in [2.75, 3.05) is 5.32 Å². The lowest BCUT2D eigenvalue weighted by molar-refractivity contribution is -0.167. The van der Waals surface area contributed by atoms with Crippen LogP contribution in [0.25, 0.3) is 0 Å². The molecule has 24 heavy (non-hydrogen) atoms. The number of aromatic carboxylic acids is 1. The molecule has 126 valence electrons. The number of carbonyl (C=O) groups excluding carboxylic acids is 1. The Morgan fingerprint density at radius 3 is 2.33 bits per heavy atom. The van der Waals surface area contributed by atoms with E-state index < -0.39 is 29.3 Å². The molecule has 0 bridgehead atoms. The zero-order chi connectivity index (χ0) is 17.7. The van der Waals surface area contributed by atoms with Crippen molar-refractivity contribution >= 4 is 17.6 Å². The van der Waals surface area contributed by atoms with Crippen LogP contribution in [0.3, 0.4) is 0 Å². The molecule has 0 aliphatic heterocycles. The van der Waals surface area contributed by atoms with E-state index in [0.717, 1.165) is 17.7 Å². The van der Waals surface area contributed by atoms with E-state index in [1.54, 1.807) is 29.6 Å². The number of ether oxygens (including phenoxy) is 1. The molecule has 2 N–H and O–H groups in total. The van der Waals surface area contributed by atoms with Gasteiger partial charge in [0.2, 0.25) is 0 Å². The van der Waals surface area contributed by atoms with Crippen molar-refractivity contribution in [1.29, 1.82) is 0 Å². The van der Waals surface area contributed by atoms with E-state index in [1.165, 1.54) is 6.07 Å². The van der Waals surface area contributed by atoms with Crippen LogP contribution in [0, 0.1) is 0 Å². The van der Waals surface area contributed by atoms with Gasteiger partial charge in [0, 0.05) is 6.07 Å². The number of halogens is 3. The van der Waals surface area contributed by atoms with Gasteiger partial charge in [-0.3, -0.25) is 4.79 Å². The Bertz CT molecular complexity index is 745. The fourth-order valence-electron chi connectivity index (χ4n) is 1.84. The molecule has 0 radical (unpaired) electrons. The molecule has 0 saturated heterocycles. The second-order valence-electron chi connectivity index (χ2n) is 4.74. The third-order valence-electron chi connectivity index (χ3n) is 2.98. The van der Waals surface area contributed by atoms with Crippen LogP contribution < -0.4 is 10.1 Å². The van der Waals surface area contributed by atoms with Gasteiger partial charge < -0.3 is 15.2 Å². The van der Waals surface area contributed by atoms with E-state index in [9.17, 15) is 22.8 Å². The molecule has 0 spiro atoms. The summed E-state index contributed by atoms with van der Waals surface area (Å²) in [5.41, 5.74) is -0.143. The minimum absolute atomic E-state index is 0.126. The third kappa shape index (κ3) is 4.48. The van der Waals surface area contributed by atoms with Crippen LogP contribution >= 0.6 is 0 Å². The summed E-state index contributed by atoms with van der Waals surface area (Å²) in [6.45, 7) is 0.139. The van der Waals surface area contributed by atoms with Gasteiger partial charge in [-0.15, -0.1) is 0 Å². The number of nitrogens with one attached hydrogen (secondary N) is 1. The van der Waals surface area contributed by atoms with Crippen LogP contribution in [-0.2, 0) is 11.4 Å². The Kier molecular flexibility index (Phi) is 5.08. The first kappa shape index (κ1) is 17.3. The van der Waals surface area contributed by atoms with Crippen molar-refractivity contribution in [3.8, 4) is 5.75 Å². The summed E-state index contributed by atoms with van der Waals surface area (Å²) < 4.78 is 42.4. The fraction of sp³-hybridized carbons (Fsp3) is 0.125. The number of amides is 1. The van der Waals surface area contributed by atoms with Crippen LogP contribution in [0.1, 0.15) is 15.9 Å². The second kappa shape index (κ2) is 7.03. The predicted molar refractivity (Wildman–Crippen MR) is 78.9 cm³/mol. The van der Waals surface area contributed by atoms with E-state index in [-0.39, 0.29) is 12.4 Å². The summed E-state index contributed by atoms with van der Waals surface area (Å²) in [4.78, 5) is 22.1. The zero-order valence-electron chi connectivity index (χ0n) is 12.1. The largest absolute Gasteiger partial charge is 0.489 e. The Balaban J connectivity index is 2.20. The normalized spacial score (nSPS) is 11.0. The number of anilines is 1. The molecule has 0 saturated carbocycles. The van der Waals surface area contributed by atoms with Crippen molar-refractivity contribution in [3.05, 3.63) is 59.7 Å². The van der Waals surface area contributed by atoms with Gasteiger partial charge in [-0.2, -0.15) is 13.2 Å². The van der Waals surface area contributed by atoms with Crippen molar-refractivity contribution in [3.63, 3.8) is 0 Å². The molecular formula is C16H12F3NO4. The molecule has 2 rings (SSSR count). The van der Waals surface area contributed by atoms with Crippen molar-refractivity contribution in [2.24, 2.45) is 0 Å². The third-order valence-corrected chi connectivity index (χ3v) is 2.98. The Labute approximate surface area is 134 Å². The van der Waals surface area contributed by atoms with E-state index in [2.05, 4.69) is 0 Å². The van der Waals surface area contributed by atoms with Crippen molar-refractivity contribution in [1.82, 2.24) is 0 Å². The summed E-state index contributed by atoms with van der Waals surface area (Å²) in [7, 11) is 0. The van der Waals surface area contributed by atoms with Crippen LogP contribution in [0.15, 0.2) is 48.5 Å². The zero-order valence-corrected chi connectivity index (χ0v) is 12.1. The van der Waals surface area contributed by atoms with Crippen LogP contribution in [0.5, 0.6) is 5.75 Å². The van der Waals surface area contributed by atoms with Gasteiger partial charge >= 0.3 is 18.1 Å². The maximum absolute atomic E-state index is 12.3. The Hall–Kier alpha value is -3.03. The van der Waals surface area contributed by atoms with E-state index >= 15 is 0 Å². The highest BCUT2D eigenvalue weighted by atomic mass is 19.4. The van der Waals surface area contributed by atoms with E-state index in [1.807, 2.05) is 6.07 Å². The number of hydrogen-bond donors (Lipinski definition) is 2. The fourth-order valence-corrected chi connectivity index (χ4v) is 1.84. The lowest BCUT2D eigenvalue weighted by Crippen LogP contribution is -2.30. The van der Waals surface area contributed by atoms with E-state index in [0.29, 0.717) is 0 Å². The molecule has 0 heterocycles. The lowest BCUT2D eigenvalue weighted by atomic mass is 10.1. The van der Waals surface area contributed by atoms with Gasteiger partial charge in [0.1, 0.15) is 12.4 Å². The minimum Gasteiger partial charge on any atom is -0.489 e. The first-order chi connectivity index (χ1) is 11.3. The van der Waals surface area contributed by atoms with E-state index in [4.69, 9.17) is 9.84 Å². The van der Waals surface area contributed by atoms with Gasteiger partial charge in [-0.25, -0.2) is 4.79 Å². The summed E-state index contributed by atoms with van der Waals surface area (Å²) in [5.74, 6) is -3.60. The Morgan fingerprint density at radius 2 is 1.75 bits per heavy atom. The molecule has 0 aliphatic carbocycles. The number of alkyl halides is 3. The summed E-state index contributed by atoms with van der Waals surface area (Å²) in [5, 5.41) is 10.6. The number of benzene rings is 2. The summed E-state index contributed by atoms with van der Waals surface area (Å²) >= 11 is 0. The molecule has 5 nitrogen and oxygen atoms in total. The molecule has 0 aliphatic rings. The first-order valence-electron chi connectivity index (χ1n) is 6.69. The number of carboxylic acid groups (broad SMARTS) is 1. The average molecular weight is 339 g/mol. The highest BCUT2D eigenvalue weighted by molar-refractivity contribution is 6.02. The van der Waals surface area contributed by atoms with Crippen molar-refractivity contribution < 1.29 is 32.6 Å². The van der Waals surface area contributed by atoms with Gasteiger partial charge in [-0.1, -0.05) is 30.3 Å². The predicted octanol–water partition coefficient (Wildman–Crippen LogP) is 3.46. The average Bonchev–Trinajstić information content (AvgIpc) is 2.53. The molecule has 2 aromatic carbocycles. The molecule has 2 aromatic rings. The molecular weight excluding hydrogens is 327 g/mol. The van der Waals surface area contributed by atoms with Crippen molar-refractivity contribution in [2.45, 2.75) is 12.8 Å². The second-order valence-corrected chi connectivity index (χ2v) is 4.74. The number of carboxylic acids is 1. The lowest BCUT2D eigenvalue weighted by Gasteiger charge is -2.13. The number of carbonyl (C=O) groups is 2. The van der Waals surface area contributed by atoms with Gasteiger partial charge in [0.15, 0.2) is 0 Å². The summed E-state index contributed by atoms with van der Waals surface area (Å²) in [6.07, 6.45) is -5.13. The minimum atomic E-state index is -5.13. The molecule has 0 aromatic heterocycles. The Morgan fingerprint density at radius 1 is 1.08 bits per heavy atom. The monoisotopic (exact) mass is 339 g/mol. The topological polar surface area (TPSA) is 75.6 Å². The quantitative estimate of drug-likeness (QED) is 0.875. The number of rotatable bonds is 5. The standard InChI is InChI=1S/C16H12F3NO4/c17-16(18,19)15(23)20-13-8-11(6-7-12(13)14(21)22)24-9-10-4-2-1-3-5-10/h1-8H,9H2,(H,20,23)(H,21,22). The highest BCUT2D eigenvalue weighted by Crippen LogP contribution is 2.26.